The van der Waals surface area contributed by atoms with Crippen LogP contribution in [-0.4, -0.2) is 9.13 Å². The van der Waals surface area contributed by atoms with Crippen LogP contribution in [0.4, 0.5) is 5.69 Å². The standard InChI is InChI=1S/C45H25N5/c1-48-33-18-23-45-40(26-33)38-10-4-7-13-43(38)50(45)41-11-5-2-8-36(41)31-17-21-35(32(25-31)28-47)30-15-19-34(20-16-30)49-42-12-6-3-9-37(42)39-24-29(27-46)14-22-44(39)49/h2-26H. The van der Waals surface area contributed by atoms with E-state index in [0.29, 0.717) is 16.8 Å². The summed E-state index contributed by atoms with van der Waals surface area (Å²) in [6.07, 6.45) is 0. The smallest absolute Gasteiger partial charge is 0.188 e. The van der Waals surface area contributed by atoms with Gasteiger partial charge in [0, 0.05) is 27.4 Å². The maximum Gasteiger partial charge on any atom is 0.188 e. The second kappa shape index (κ2) is 11.4. The third-order valence-corrected chi connectivity index (χ3v) is 9.62. The molecule has 0 amide bonds. The van der Waals surface area contributed by atoms with E-state index in [4.69, 9.17) is 6.57 Å². The van der Waals surface area contributed by atoms with Crippen molar-refractivity contribution >= 4 is 49.3 Å². The van der Waals surface area contributed by atoms with Gasteiger partial charge in [0.2, 0.25) is 0 Å². The molecule has 0 radical (unpaired) electrons. The molecule has 0 saturated carbocycles. The highest BCUT2D eigenvalue weighted by atomic mass is 15.0. The molecule has 5 nitrogen and oxygen atoms in total. The first kappa shape index (κ1) is 28.8. The summed E-state index contributed by atoms with van der Waals surface area (Å²) in [4.78, 5) is 3.67. The number of aromatic nitrogens is 2. The van der Waals surface area contributed by atoms with Gasteiger partial charge < -0.3 is 9.13 Å². The van der Waals surface area contributed by atoms with Crippen molar-refractivity contribution in [2.75, 3.05) is 0 Å². The Hall–Kier alpha value is -7.39. The summed E-state index contributed by atoms with van der Waals surface area (Å²) in [5.41, 5.74) is 11.8. The first-order valence-corrected chi connectivity index (χ1v) is 16.3. The number of nitrogens with zero attached hydrogens (tertiary/aromatic N) is 5. The zero-order chi connectivity index (χ0) is 33.8. The molecule has 0 saturated heterocycles. The normalized spacial score (nSPS) is 11.1. The van der Waals surface area contributed by atoms with E-state index in [1.54, 1.807) is 0 Å². The highest BCUT2D eigenvalue weighted by Gasteiger charge is 2.18. The lowest BCUT2D eigenvalue weighted by atomic mass is 9.94. The second-order valence-corrected chi connectivity index (χ2v) is 12.3. The molecule has 0 unspecified atom stereocenters. The number of para-hydroxylation sites is 3. The molecule has 0 bridgehead atoms. The Labute approximate surface area is 288 Å². The number of rotatable bonds is 4. The molecule has 0 aliphatic heterocycles. The van der Waals surface area contributed by atoms with Gasteiger partial charge in [-0.2, -0.15) is 10.5 Å². The molecule has 2 aromatic heterocycles. The molecule has 7 aromatic carbocycles. The fourth-order valence-corrected chi connectivity index (χ4v) is 7.37. The van der Waals surface area contributed by atoms with Crippen LogP contribution in [0.1, 0.15) is 11.1 Å². The van der Waals surface area contributed by atoms with Crippen molar-refractivity contribution in [1.82, 2.24) is 9.13 Å². The Morgan fingerprint density at radius 3 is 1.84 bits per heavy atom. The van der Waals surface area contributed by atoms with Crippen molar-refractivity contribution in [2.24, 2.45) is 0 Å². The van der Waals surface area contributed by atoms with Crippen molar-refractivity contribution in [2.45, 2.75) is 0 Å². The summed E-state index contributed by atoms with van der Waals surface area (Å²) in [6.45, 7) is 7.56. The van der Waals surface area contributed by atoms with Gasteiger partial charge in [-0.05, 0) is 88.8 Å². The Bertz CT molecular complexity index is 2960. The number of fused-ring (bicyclic) bond motifs is 6. The van der Waals surface area contributed by atoms with Gasteiger partial charge in [-0.1, -0.05) is 84.9 Å². The third-order valence-electron chi connectivity index (χ3n) is 9.62. The zero-order valence-corrected chi connectivity index (χ0v) is 26.7. The van der Waals surface area contributed by atoms with E-state index in [0.717, 1.165) is 77.2 Å². The summed E-state index contributed by atoms with van der Waals surface area (Å²) in [7, 11) is 0. The first-order valence-electron chi connectivity index (χ1n) is 16.3. The summed E-state index contributed by atoms with van der Waals surface area (Å²) in [6, 6.07) is 55.6. The topological polar surface area (TPSA) is 61.8 Å². The Morgan fingerprint density at radius 2 is 1.10 bits per heavy atom. The Balaban J connectivity index is 1.14. The van der Waals surface area contributed by atoms with E-state index in [-0.39, 0.29) is 0 Å². The molecule has 2 heterocycles. The molecular formula is C45H25N5. The quantitative estimate of drug-likeness (QED) is 0.181. The lowest BCUT2D eigenvalue weighted by molar-refractivity contribution is 1.18. The van der Waals surface area contributed by atoms with E-state index < -0.39 is 0 Å². The largest absolute Gasteiger partial charge is 0.309 e. The van der Waals surface area contributed by atoms with Crippen LogP contribution < -0.4 is 0 Å². The highest BCUT2D eigenvalue weighted by molar-refractivity contribution is 6.11. The molecular weight excluding hydrogens is 611 g/mol. The van der Waals surface area contributed by atoms with Crippen LogP contribution in [0.3, 0.4) is 0 Å². The summed E-state index contributed by atoms with van der Waals surface area (Å²) in [5.74, 6) is 0. The Morgan fingerprint density at radius 1 is 0.480 bits per heavy atom. The molecule has 0 atom stereocenters. The summed E-state index contributed by atoms with van der Waals surface area (Å²) >= 11 is 0. The highest BCUT2D eigenvalue weighted by Crippen LogP contribution is 2.39. The Kier molecular flexibility index (Phi) is 6.56. The molecule has 0 N–H and O–H groups in total. The lowest BCUT2D eigenvalue weighted by Gasteiger charge is -2.15. The molecule has 0 aliphatic carbocycles. The van der Waals surface area contributed by atoms with Gasteiger partial charge in [0.25, 0.3) is 0 Å². The third kappa shape index (κ3) is 4.38. The number of hydrogen-bond acceptors (Lipinski definition) is 2. The maximum atomic E-state index is 10.4. The minimum absolute atomic E-state index is 0.592. The summed E-state index contributed by atoms with van der Waals surface area (Å²) in [5, 5.41) is 24.2. The minimum atomic E-state index is 0.592. The number of hydrogen-bond donors (Lipinski definition) is 0. The number of benzene rings is 7. The average Bonchev–Trinajstić information content (AvgIpc) is 3.69. The molecule has 0 fully saturated rings. The van der Waals surface area contributed by atoms with Crippen molar-refractivity contribution in [3.8, 4) is 45.8 Å². The minimum Gasteiger partial charge on any atom is -0.309 e. The lowest BCUT2D eigenvalue weighted by Crippen LogP contribution is -1.97. The first-order chi connectivity index (χ1) is 24.7. The molecule has 9 rings (SSSR count). The second-order valence-electron chi connectivity index (χ2n) is 12.3. The van der Waals surface area contributed by atoms with Crippen LogP contribution in [0.25, 0.3) is 82.1 Å². The molecule has 9 aromatic rings. The van der Waals surface area contributed by atoms with Gasteiger partial charge in [0.15, 0.2) is 5.69 Å². The van der Waals surface area contributed by atoms with Gasteiger partial charge in [-0.3, -0.25) is 0 Å². The average molecular weight is 636 g/mol. The van der Waals surface area contributed by atoms with Crippen LogP contribution in [0.5, 0.6) is 0 Å². The summed E-state index contributed by atoms with van der Waals surface area (Å²) < 4.78 is 4.47. The maximum absolute atomic E-state index is 10.4. The van der Waals surface area contributed by atoms with Crippen molar-refractivity contribution in [1.29, 1.82) is 10.5 Å². The van der Waals surface area contributed by atoms with Crippen LogP contribution in [0.15, 0.2) is 152 Å². The van der Waals surface area contributed by atoms with E-state index >= 15 is 0 Å². The SMILES string of the molecule is [C-]#[N+]c1ccc2c(c1)c1ccccc1n2-c1ccccc1-c1ccc(-c2ccc(-n3c4ccccc4c4cc(C#N)ccc43)cc2)c(C#N)c1. The fraction of sp³-hybridized carbons (Fsp3) is 0. The molecule has 50 heavy (non-hydrogen) atoms. The number of nitriles is 2. The van der Waals surface area contributed by atoms with Gasteiger partial charge in [-0.15, -0.1) is 0 Å². The van der Waals surface area contributed by atoms with E-state index in [9.17, 15) is 10.5 Å². The molecule has 230 valence electrons. The van der Waals surface area contributed by atoms with Gasteiger partial charge in [0.05, 0.1) is 57.6 Å². The van der Waals surface area contributed by atoms with Gasteiger partial charge >= 0.3 is 0 Å². The molecule has 0 aliphatic rings. The van der Waals surface area contributed by atoms with Crippen LogP contribution in [-0.2, 0) is 0 Å². The molecule has 0 spiro atoms. The van der Waals surface area contributed by atoms with Crippen molar-refractivity contribution < 1.29 is 0 Å². The van der Waals surface area contributed by atoms with Crippen LogP contribution in [0.2, 0.25) is 0 Å². The monoisotopic (exact) mass is 635 g/mol. The predicted molar refractivity (Wildman–Crippen MR) is 202 cm³/mol. The van der Waals surface area contributed by atoms with Gasteiger partial charge in [0.1, 0.15) is 0 Å². The van der Waals surface area contributed by atoms with Crippen molar-refractivity contribution in [3.63, 3.8) is 0 Å². The van der Waals surface area contributed by atoms with Crippen LogP contribution >= 0.6 is 0 Å². The van der Waals surface area contributed by atoms with E-state index in [1.807, 2.05) is 84.9 Å². The predicted octanol–water partition coefficient (Wildman–Crippen LogP) is 11.5. The van der Waals surface area contributed by atoms with Gasteiger partial charge in [-0.25, -0.2) is 4.85 Å². The van der Waals surface area contributed by atoms with Crippen LogP contribution in [0, 0.1) is 29.2 Å². The zero-order valence-electron chi connectivity index (χ0n) is 26.7. The van der Waals surface area contributed by atoms with E-state index in [2.05, 4.69) is 92.8 Å². The van der Waals surface area contributed by atoms with E-state index in [1.165, 1.54) is 0 Å². The molecule has 5 heteroatoms. The fourth-order valence-electron chi connectivity index (χ4n) is 7.37. The van der Waals surface area contributed by atoms with Crippen molar-refractivity contribution in [3.05, 3.63) is 174 Å².